The van der Waals surface area contributed by atoms with E-state index in [0.717, 1.165) is 44.5 Å². The number of phosphoric acid groups is 2. The number of rotatable bonds is 6. The summed E-state index contributed by atoms with van der Waals surface area (Å²) in [5, 5.41) is 28.0. The van der Waals surface area contributed by atoms with Gasteiger partial charge in [-0.3, -0.25) is 0 Å². The Kier molecular flexibility index (Phi) is 17.0. The van der Waals surface area contributed by atoms with Gasteiger partial charge in [0.05, 0.1) is 0 Å². The Labute approximate surface area is 439 Å². The Balaban J connectivity index is 0.00000117. The predicted octanol–water partition coefficient (Wildman–Crippen LogP) is 17.3. The van der Waals surface area contributed by atoms with Gasteiger partial charge in [0.2, 0.25) is 0 Å². The van der Waals surface area contributed by atoms with Gasteiger partial charge in [0.25, 0.3) is 0 Å². The molecule has 9 nitrogen and oxygen atoms in total. The molecule has 0 amide bonds. The van der Waals surface area contributed by atoms with Crippen LogP contribution in [0.3, 0.4) is 0 Å². The van der Waals surface area contributed by atoms with Gasteiger partial charge < -0.3 is 29.8 Å². The Morgan fingerprint density at radius 2 is 0.466 bits per heavy atom. The summed E-state index contributed by atoms with van der Waals surface area (Å²) in [7, 11) is -10.1. The minimum Gasteiger partial charge on any atom is -0.507 e. The van der Waals surface area contributed by atoms with Crippen molar-refractivity contribution in [3.63, 3.8) is 0 Å². The summed E-state index contributed by atoms with van der Waals surface area (Å²) >= 11 is 0. The van der Waals surface area contributed by atoms with Gasteiger partial charge in [-0.1, -0.05) is 239 Å². The SMILES string of the molecule is CC(C)(C)c1ccc(-c2c(O)c(-c3ccc(C(C)(C)C)cc3C(C)(C)C)c(-c3ccc(C(C)(C)C)cc3C(C)(C)C)c(O)c2-c2ccc(C(C)(C)C)cc2C(C)(C)C)c(C(C)(C)C)c1.O=P(O)(O)OP(=O)(O)O. The molecule has 0 aliphatic carbocycles. The molecule has 402 valence electrons. The smallest absolute Gasteiger partial charge is 0.478 e. The van der Waals surface area contributed by atoms with Gasteiger partial charge in [0.15, 0.2) is 0 Å². The van der Waals surface area contributed by atoms with E-state index in [1.165, 1.54) is 22.3 Å². The second kappa shape index (κ2) is 20.2. The average molecular weight is 1040 g/mol. The fraction of sp³-hybridized carbons (Fsp3) is 0.516. The number of phenols is 2. The highest BCUT2D eigenvalue weighted by molar-refractivity contribution is 7.60. The van der Waals surface area contributed by atoms with E-state index < -0.39 is 15.6 Å². The number of hydrogen-bond donors (Lipinski definition) is 6. The molecule has 0 spiro atoms. The van der Waals surface area contributed by atoms with Crippen molar-refractivity contribution in [2.24, 2.45) is 0 Å². The molecule has 6 N–H and O–H groups in total. The van der Waals surface area contributed by atoms with E-state index in [-0.39, 0.29) is 54.8 Å². The first kappa shape index (κ1) is 61.5. The number of benzene rings is 5. The average Bonchev–Trinajstić information content (AvgIpc) is 3.16. The van der Waals surface area contributed by atoms with E-state index in [0.29, 0.717) is 22.3 Å². The molecule has 0 saturated heterocycles. The molecule has 73 heavy (non-hydrogen) atoms. The van der Waals surface area contributed by atoms with Crippen LogP contribution in [0.15, 0.2) is 72.8 Å². The first-order valence-electron chi connectivity index (χ1n) is 25.4. The maximum Gasteiger partial charge on any atom is 0.478 e. The van der Waals surface area contributed by atoms with E-state index in [1.54, 1.807) is 0 Å². The van der Waals surface area contributed by atoms with Gasteiger partial charge in [-0.15, -0.1) is 0 Å². The summed E-state index contributed by atoms with van der Waals surface area (Å²) in [6, 6.07) is 27.2. The molecule has 0 atom stereocenters. The lowest BCUT2D eigenvalue weighted by atomic mass is 9.70. The quantitative estimate of drug-likeness (QED) is 0.0717. The number of hydrogen-bond acceptors (Lipinski definition) is 5. The molecule has 5 rings (SSSR count). The van der Waals surface area contributed by atoms with Crippen LogP contribution in [-0.2, 0) is 56.8 Å². The molecule has 0 aliphatic rings. The van der Waals surface area contributed by atoms with Crippen molar-refractivity contribution in [2.45, 2.75) is 209 Å². The summed E-state index contributed by atoms with van der Waals surface area (Å²) in [5.41, 5.74) is 14.2. The monoisotopic (exact) mass is 1040 g/mol. The van der Waals surface area contributed by atoms with Crippen molar-refractivity contribution in [1.29, 1.82) is 0 Å². The largest absolute Gasteiger partial charge is 0.507 e. The third-order valence-corrected chi connectivity index (χ3v) is 15.2. The van der Waals surface area contributed by atoms with Crippen molar-refractivity contribution >= 4 is 15.6 Å². The Morgan fingerprint density at radius 1 is 0.301 bits per heavy atom. The van der Waals surface area contributed by atoms with Gasteiger partial charge >= 0.3 is 15.6 Å². The molecule has 0 saturated carbocycles. The van der Waals surface area contributed by atoms with E-state index in [4.69, 9.17) is 19.6 Å². The van der Waals surface area contributed by atoms with Gasteiger partial charge in [0, 0.05) is 22.3 Å². The van der Waals surface area contributed by atoms with Crippen LogP contribution < -0.4 is 0 Å². The van der Waals surface area contributed by atoms with Gasteiger partial charge in [-0.2, -0.15) is 4.31 Å². The third kappa shape index (κ3) is 14.7. The zero-order chi connectivity index (χ0) is 56.6. The maximum absolute atomic E-state index is 14.0. The molecular formula is C62H90O9P2. The Hall–Kier alpha value is -4.04. The highest BCUT2D eigenvalue weighted by atomic mass is 31.3. The molecule has 11 heteroatoms. The van der Waals surface area contributed by atoms with Gasteiger partial charge in [-0.05, 0) is 110 Å². The van der Waals surface area contributed by atoms with Crippen LogP contribution in [0.25, 0.3) is 44.5 Å². The fourth-order valence-corrected chi connectivity index (χ4v) is 10.4. The van der Waals surface area contributed by atoms with Crippen LogP contribution in [0, 0.1) is 0 Å². The molecule has 0 aromatic heterocycles. The molecule has 0 bridgehead atoms. The molecular weight excluding hydrogens is 951 g/mol. The van der Waals surface area contributed by atoms with E-state index in [1.807, 2.05) is 0 Å². The summed E-state index contributed by atoms with van der Waals surface area (Å²) in [6.45, 7) is 54.3. The summed E-state index contributed by atoms with van der Waals surface area (Å²) in [6.07, 6.45) is 0. The predicted molar refractivity (Wildman–Crippen MR) is 306 cm³/mol. The Bertz CT molecular complexity index is 2570. The first-order valence-corrected chi connectivity index (χ1v) is 28.5. The molecule has 0 aliphatic heterocycles. The zero-order valence-corrected chi connectivity index (χ0v) is 50.5. The van der Waals surface area contributed by atoms with Crippen molar-refractivity contribution < 1.29 is 43.2 Å². The molecule has 0 fully saturated rings. The topological polar surface area (TPSA) is 165 Å². The molecule has 5 aromatic carbocycles. The van der Waals surface area contributed by atoms with Crippen molar-refractivity contribution in [3.8, 4) is 56.0 Å². The van der Waals surface area contributed by atoms with Crippen LogP contribution >= 0.6 is 15.6 Å². The first-order chi connectivity index (χ1) is 32.4. The third-order valence-electron chi connectivity index (χ3n) is 13.5. The van der Waals surface area contributed by atoms with E-state index >= 15 is 0 Å². The number of phenolic OH excluding ortho intramolecular Hbond substituents is 2. The summed E-state index contributed by atoms with van der Waals surface area (Å²) < 4.78 is 22.2. The fourth-order valence-electron chi connectivity index (χ4n) is 9.31. The highest BCUT2D eigenvalue weighted by Gasteiger charge is 2.37. The van der Waals surface area contributed by atoms with Crippen molar-refractivity contribution in [2.75, 3.05) is 0 Å². The van der Waals surface area contributed by atoms with Crippen LogP contribution in [-0.4, -0.2) is 29.8 Å². The summed E-state index contributed by atoms with van der Waals surface area (Å²) in [4.78, 5) is 31.0. The van der Waals surface area contributed by atoms with Crippen LogP contribution in [0.4, 0.5) is 0 Å². The van der Waals surface area contributed by atoms with Crippen molar-refractivity contribution in [1.82, 2.24) is 0 Å². The molecule has 0 heterocycles. The Morgan fingerprint density at radius 3 is 0.575 bits per heavy atom. The lowest BCUT2D eigenvalue weighted by Gasteiger charge is -2.34. The van der Waals surface area contributed by atoms with Crippen LogP contribution in [0.2, 0.25) is 0 Å². The zero-order valence-electron chi connectivity index (χ0n) is 48.7. The van der Waals surface area contributed by atoms with E-state index in [9.17, 15) is 19.3 Å². The molecule has 0 unspecified atom stereocenters. The van der Waals surface area contributed by atoms with Gasteiger partial charge in [0.1, 0.15) is 11.5 Å². The van der Waals surface area contributed by atoms with Crippen molar-refractivity contribution in [3.05, 3.63) is 117 Å². The molecule has 0 radical (unpaired) electrons. The minimum absolute atomic E-state index is 0.0955. The second-order valence-corrected chi connectivity index (χ2v) is 30.9. The van der Waals surface area contributed by atoms with E-state index in [2.05, 4.69) is 243 Å². The minimum atomic E-state index is -5.05. The highest BCUT2D eigenvalue weighted by Crippen LogP contribution is 2.60. The molecule has 5 aromatic rings. The lowest BCUT2D eigenvalue weighted by Crippen LogP contribution is -2.19. The summed E-state index contributed by atoms with van der Waals surface area (Å²) in [5.74, 6) is 0.371. The second-order valence-electron chi connectivity index (χ2n) is 28.3. The standard InChI is InChI=1S/C62H86O2.H4O7P2/c1-55(2,3)37-25-29-41(45(33-37)59(13,14)15)49-50(42-30-26-38(56(4,5)6)34-46(42)60(16,17)18)54(64)52(44-32-28-40(58(10,11)12)36-48(44)62(22,23)24)51(53(49)63)43-31-27-39(57(7,8)9)35-47(43)61(19,20)21;1-8(2,3)7-9(4,5)6/h25-36,63-64H,1-24H3;(H2,1,2,3)(H2,4,5,6). The maximum atomic E-state index is 14.0. The van der Waals surface area contributed by atoms with Crippen LogP contribution in [0.5, 0.6) is 11.5 Å². The normalized spacial score (nSPS) is 13.8. The van der Waals surface area contributed by atoms with Crippen LogP contribution in [0.1, 0.15) is 211 Å². The lowest BCUT2D eigenvalue weighted by molar-refractivity contribution is 0.225. The number of aromatic hydroxyl groups is 2. The van der Waals surface area contributed by atoms with Gasteiger partial charge in [-0.25, -0.2) is 9.13 Å².